The van der Waals surface area contributed by atoms with E-state index in [2.05, 4.69) is 5.32 Å². The van der Waals surface area contributed by atoms with Gasteiger partial charge in [0.2, 0.25) is 5.91 Å². The molecule has 1 aromatic rings. The summed E-state index contributed by atoms with van der Waals surface area (Å²) >= 11 is 0. The smallest absolute Gasteiger partial charge is 0.219 e. The number of carbonyl (C=O) groups excluding carboxylic acids is 1. The van der Waals surface area contributed by atoms with Crippen LogP contribution < -0.4 is 10.1 Å². The molecule has 0 aromatic heterocycles. The van der Waals surface area contributed by atoms with Crippen LogP contribution in [0.3, 0.4) is 0 Å². The van der Waals surface area contributed by atoms with Crippen molar-refractivity contribution < 1.29 is 9.53 Å². The highest BCUT2D eigenvalue weighted by molar-refractivity contribution is 5.74. The summed E-state index contributed by atoms with van der Waals surface area (Å²) < 4.78 is 5.27. The highest BCUT2D eigenvalue weighted by atomic mass is 16.5. The summed E-state index contributed by atoms with van der Waals surface area (Å²) in [6.07, 6.45) is 0. The third-order valence-electron chi connectivity index (χ3n) is 3.11. The number of ether oxygens (including phenoxy) is 1. The van der Waals surface area contributed by atoms with Crippen LogP contribution in [-0.4, -0.2) is 37.0 Å². The van der Waals surface area contributed by atoms with Crippen molar-refractivity contribution in [2.45, 2.75) is 33.7 Å². The van der Waals surface area contributed by atoms with Gasteiger partial charge in [0.1, 0.15) is 5.75 Å². The van der Waals surface area contributed by atoms with Gasteiger partial charge >= 0.3 is 0 Å². The molecule has 4 heteroatoms. The second kappa shape index (κ2) is 7.02. The molecule has 1 aliphatic heterocycles. The molecule has 106 valence electrons. The number of methoxy groups -OCH3 is 1. The van der Waals surface area contributed by atoms with E-state index in [1.165, 1.54) is 0 Å². The lowest BCUT2D eigenvalue weighted by Gasteiger charge is -2.39. The summed E-state index contributed by atoms with van der Waals surface area (Å²) in [5, 5.41) is 3.39. The molecule has 4 nitrogen and oxygen atoms in total. The van der Waals surface area contributed by atoms with E-state index in [9.17, 15) is 4.79 Å². The molecule has 1 saturated heterocycles. The van der Waals surface area contributed by atoms with E-state index < -0.39 is 0 Å². The molecule has 1 N–H and O–H groups in total. The zero-order valence-electron chi connectivity index (χ0n) is 12.5. The van der Waals surface area contributed by atoms with Gasteiger partial charge in [-0.1, -0.05) is 19.9 Å². The van der Waals surface area contributed by atoms with Crippen LogP contribution in [0.1, 0.15) is 26.3 Å². The maximum absolute atomic E-state index is 11.0. The predicted molar refractivity (Wildman–Crippen MR) is 78.7 cm³/mol. The molecular formula is C15H24N2O2. The second-order valence-corrected chi connectivity index (χ2v) is 4.45. The minimum atomic E-state index is 0.143. The fourth-order valence-corrected chi connectivity index (χ4v) is 1.97. The highest BCUT2D eigenvalue weighted by Crippen LogP contribution is 2.24. The molecule has 0 aliphatic carbocycles. The van der Waals surface area contributed by atoms with Crippen LogP contribution in [0.2, 0.25) is 0 Å². The van der Waals surface area contributed by atoms with Crippen LogP contribution in [0, 0.1) is 6.92 Å². The van der Waals surface area contributed by atoms with Crippen molar-refractivity contribution >= 4 is 11.6 Å². The normalized spacial score (nSPS) is 14.1. The minimum absolute atomic E-state index is 0.143. The molecule has 0 atom stereocenters. The Labute approximate surface area is 115 Å². The molecule has 1 aliphatic rings. The van der Waals surface area contributed by atoms with E-state index in [0.29, 0.717) is 6.04 Å². The molecule has 1 fully saturated rings. The van der Waals surface area contributed by atoms with Gasteiger partial charge in [-0.2, -0.15) is 0 Å². The van der Waals surface area contributed by atoms with Crippen molar-refractivity contribution in [3.63, 3.8) is 0 Å². The maximum Gasteiger partial charge on any atom is 0.219 e. The first kappa shape index (κ1) is 15.3. The number of nitrogens with one attached hydrogen (secondary N) is 1. The highest BCUT2D eigenvalue weighted by Gasteiger charge is 2.28. The van der Waals surface area contributed by atoms with Crippen molar-refractivity contribution in [3.05, 3.63) is 23.8 Å². The zero-order valence-corrected chi connectivity index (χ0v) is 12.5. The fraction of sp³-hybridized carbons (Fsp3) is 0.533. The van der Waals surface area contributed by atoms with Crippen LogP contribution in [0.4, 0.5) is 5.69 Å². The molecule has 0 saturated carbocycles. The van der Waals surface area contributed by atoms with Crippen LogP contribution in [0.25, 0.3) is 0 Å². The SMILES string of the molecule is CC.COc1cc(NC2CN(C(C)=O)C2)ccc1C. The summed E-state index contributed by atoms with van der Waals surface area (Å²) in [5.74, 6) is 1.03. The van der Waals surface area contributed by atoms with Crippen molar-refractivity contribution in [3.8, 4) is 5.75 Å². The third-order valence-corrected chi connectivity index (χ3v) is 3.11. The monoisotopic (exact) mass is 264 g/mol. The molecule has 1 amide bonds. The Morgan fingerprint density at radius 3 is 2.53 bits per heavy atom. The molecule has 0 radical (unpaired) electrons. The van der Waals surface area contributed by atoms with Gasteiger partial charge in [0.05, 0.1) is 13.2 Å². The molecule has 19 heavy (non-hydrogen) atoms. The number of nitrogens with zero attached hydrogens (tertiary/aromatic N) is 1. The first-order valence-corrected chi connectivity index (χ1v) is 6.77. The number of benzene rings is 1. The van der Waals surface area contributed by atoms with Crippen molar-refractivity contribution in [2.75, 3.05) is 25.5 Å². The zero-order chi connectivity index (χ0) is 14.4. The summed E-state index contributed by atoms with van der Waals surface area (Å²) in [6, 6.07) is 6.41. The standard InChI is InChI=1S/C13H18N2O2.C2H6/c1-9-4-5-11(6-13(9)17-3)14-12-7-15(8-12)10(2)16;1-2/h4-6,12,14H,7-8H2,1-3H3;1-2H3. The van der Waals surface area contributed by atoms with Crippen molar-refractivity contribution in [2.24, 2.45) is 0 Å². The van der Waals surface area contributed by atoms with Crippen molar-refractivity contribution in [1.29, 1.82) is 0 Å². The molecule has 2 rings (SSSR count). The first-order valence-electron chi connectivity index (χ1n) is 6.77. The topological polar surface area (TPSA) is 41.6 Å². The minimum Gasteiger partial charge on any atom is -0.496 e. The van der Waals surface area contributed by atoms with Crippen LogP contribution in [0.15, 0.2) is 18.2 Å². The number of carbonyl (C=O) groups is 1. The molecule has 1 aromatic carbocycles. The Kier molecular flexibility index (Phi) is 5.67. The van der Waals surface area contributed by atoms with Gasteiger partial charge in [0, 0.05) is 31.8 Å². The molecule has 1 heterocycles. The van der Waals surface area contributed by atoms with Gasteiger partial charge in [0.15, 0.2) is 0 Å². The van der Waals surface area contributed by atoms with Gasteiger partial charge in [-0.25, -0.2) is 0 Å². The lowest BCUT2D eigenvalue weighted by Crippen LogP contribution is -2.56. The average molecular weight is 264 g/mol. The van der Waals surface area contributed by atoms with Gasteiger partial charge in [-0.05, 0) is 18.6 Å². The summed E-state index contributed by atoms with van der Waals surface area (Å²) in [7, 11) is 1.67. The maximum atomic E-state index is 11.0. The Bertz CT molecular complexity index is 426. The van der Waals surface area contributed by atoms with Gasteiger partial charge in [-0.15, -0.1) is 0 Å². The number of likely N-dealkylation sites (tertiary alicyclic amines) is 1. The molecule has 0 bridgehead atoms. The van der Waals surface area contributed by atoms with Gasteiger partial charge in [-0.3, -0.25) is 4.79 Å². The third kappa shape index (κ3) is 3.88. The van der Waals surface area contributed by atoms with Crippen molar-refractivity contribution in [1.82, 2.24) is 4.90 Å². The second-order valence-electron chi connectivity index (χ2n) is 4.45. The Morgan fingerprint density at radius 1 is 1.37 bits per heavy atom. The quantitative estimate of drug-likeness (QED) is 0.912. The fourth-order valence-electron chi connectivity index (χ4n) is 1.97. The van der Waals surface area contributed by atoms with Crippen LogP contribution in [-0.2, 0) is 4.79 Å². The number of amides is 1. The van der Waals surface area contributed by atoms with E-state index in [0.717, 1.165) is 30.1 Å². The summed E-state index contributed by atoms with van der Waals surface area (Å²) in [6.45, 7) is 9.19. The summed E-state index contributed by atoms with van der Waals surface area (Å²) in [5.41, 5.74) is 2.16. The number of hydrogen-bond donors (Lipinski definition) is 1. The Balaban J connectivity index is 0.000000861. The van der Waals surface area contributed by atoms with Gasteiger partial charge in [0.25, 0.3) is 0 Å². The Hall–Kier alpha value is -1.71. The number of anilines is 1. The van der Waals surface area contributed by atoms with Gasteiger partial charge < -0.3 is 15.0 Å². The summed E-state index contributed by atoms with van der Waals surface area (Å²) in [4.78, 5) is 12.9. The molecule has 0 spiro atoms. The van der Waals surface area contributed by atoms with E-state index in [4.69, 9.17) is 4.74 Å². The molecule has 0 unspecified atom stereocenters. The van der Waals surface area contributed by atoms with E-state index in [1.54, 1.807) is 14.0 Å². The lowest BCUT2D eigenvalue weighted by molar-refractivity contribution is -0.132. The largest absolute Gasteiger partial charge is 0.496 e. The van der Waals surface area contributed by atoms with E-state index >= 15 is 0 Å². The number of aryl methyl sites for hydroxylation is 1. The van der Waals surface area contributed by atoms with Crippen LogP contribution >= 0.6 is 0 Å². The lowest BCUT2D eigenvalue weighted by atomic mass is 10.1. The molecular weight excluding hydrogens is 240 g/mol. The first-order chi connectivity index (χ1) is 9.10. The average Bonchev–Trinajstić information content (AvgIpc) is 2.37. The van der Waals surface area contributed by atoms with E-state index in [-0.39, 0.29) is 5.91 Å². The van der Waals surface area contributed by atoms with E-state index in [1.807, 2.05) is 43.9 Å². The predicted octanol–water partition coefficient (Wildman–Crippen LogP) is 2.67. The number of hydrogen-bond acceptors (Lipinski definition) is 3. The van der Waals surface area contributed by atoms with Crippen LogP contribution in [0.5, 0.6) is 5.75 Å². The number of rotatable bonds is 3. The Morgan fingerprint density at radius 2 is 2.00 bits per heavy atom.